The number of carbonyl (C=O) groups is 2. The van der Waals surface area contributed by atoms with Crippen LogP contribution in [0.25, 0.3) is 0 Å². The summed E-state index contributed by atoms with van der Waals surface area (Å²) < 4.78 is 0. The van der Waals surface area contributed by atoms with E-state index in [2.05, 4.69) is 10.3 Å². The van der Waals surface area contributed by atoms with Gasteiger partial charge in [-0.1, -0.05) is 0 Å². The van der Waals surface area contributed by atoms with Crippen LogP contribution in [0.2, 0.25) is 0 Å². The zero-order chi connectivity index (χ0) is 16.7. The van der Waals surface area contributed by atoms with E-state index in [0.29, 0.717) is 26.2 Å². The largest absolute Gasteiger partial charge is 0.465 e. The van der Waals surface area contributed by atoms with Crippen LogP contribution in [0.3, 0.4) is 0 Å². The first-order chi connectivity index (χ1) is 11.6. The molecule has 2 N–H and O–H groups in total. The number of carbonyl (C=O) groups excluding carboxylic acids is 1. The predicted molar refractivity (Wildman–Crippen MR) is 86.3 cm³/mol. The number of carboxylic acid groups (broad SMARTS) is 1. The van der Waals surface area contributed by atoms with Crippen molar-refractivity contribution < 1.29 is 14.7 Å². The Kier molecular flexibility index (Phi) is 3.58. The number of amides is 3. The maximum atomic E-state index is 12.4. The van der Waals surface area contributed by atoms with Crippen LogP contribution >= 0.6 is 0 Å². The molecule has 1 spiro atoms. The number of pyridine rings is 1. The molecule has 1 saturated heterocycles. The van der Waals surface area contributed by atoms with Gasteiger partial charge in [0.25, 0.3) is 0 Å². The van der Waals surface area contributed by atoms with E-state index >= 15 is 0 Å². The number of nitrogens with zero attached hydrogens (tertiary/aromatic N) is 3. The highest BCUT2D eigenvalue weighted by atomic mass is 16.4. The van der Waals surface area contributed by atoms with Crippen molar-refractivity contribution in [3.63, 3.8) is 0 Å². The average Bonchev–Trinajstić information content (AvgIpc) is 3.07. The first-order valence-electron chi connectivity index (χ1n) is 8.55. The molecule has 3 aliphatic rings. The van der Waals surface area contributed by atoms with Crippen LogP contribution in [-0.4, -0.2) is 50.6 Å². The standard InChI is InChI=1S/C17H22N4O3/c22-15(20-10-12-3-5-18-8-13(12)11-20)19-9-14-7-17(14)4-1-2-6-21(17)16(23)24/h3,5,8,14H,1-2,4,6-7,9-11H2,(H,19,22)(H,23,24). The Morgan fingerprint density at radius 2 is 2.17 bits per heavy atom. The summed E-state index contributed by atoms with van der Waals surface area (Å²) >= 11 is 0. The molecule has 2 fully saturated rings. The zero-order valence-corrected chi connectivity index (χ0v) is 13.6. The topological polar surface area (TPSA) is 85.8 Å². The number of piperidine rings is 1. The first-order valence-corrected chi connectivity index (χ1v) is 8.55. The van der Waals surface area contributed by atoms with Gasteiger partial charge in [-0.3, -0.25) is 4.98 Å². The SMILES string of the molecule is O=C(NCC1CC12CCCCN2C(=O)O)N1Cc2ccncc2C1. The molecule has 3 heterocycles. The summed E-state index contributed by atoms with van der Waals surface area (Å²) in [4.78, 5) is 31.3. The van der Waals surface area contributed by atoms with Crippen molar-refractivity contribution in [1.82, 2.24) is 20.1 Å². The molecule has 0 bridgehead atoms. The van der Waals surface area contributed by atoms with Gasteiger partial charge in [0.1, 0.15) is 0 Å². The van der Waals surface area contributed by atoms with Crippen molar-refractivity contribution in [1.29, 1.82) is 0 Å². The monoisotopic (exact) mass is 330 g/mol. The Labute approximate surface area is 140 Å². The van der Waals surface area contributed by atoms with Gasteiger partial charge < -0.3 is 20.2 Å². The van der Waals surface area contributed by atoms with E-state index in [1.807, 2.05) is 12.3 Å². The molecule has 1 aromatic rings. The van der Waals surface area contributed by atoms with Crippen LogP contribution in [0.15, 0.2) is 18.5 Å². The second kappa shape index (κ2) is 5.65. The molecule has 0 radical (unpaired) electrons. The fourth-order valence-electron chi connectivity index (χ4n) is 4.30. The summed E-state index contributed by atoms with van der Waals surface area (Å²) in [6.07, 6.45) is 6.52. The molecule has 1 aliphatic carbocycles. The molecule has 7 nitrogen and oxygen atoms in total. The average molecular weight is 330 g/mol. The van der Waals surface area contributed by atoms with Gasteiger partial charge in [-0.05, 0) is 42.9 Å². The third-order valence-corrected chi connectivity index (χ3v) is 5.72. The van der Waals surface area contributed by atoms with E-state index in [-0.39, 0.29) is 17.5 Å². The first kappa shape index (κ1) is 15.2. The Morgan fingerprint density at radius 1 is 1.33 bits per heavy atom. The normalized spacial score (nSPS) is 27.9. The van der Waals surface area contributed by atoms with Crippen LogP contribution in [0.4, 0.5) is 9.59 Å². The van der Waals surface area contributed by atoms with Crippen molar-refractivity contribution in [3.05, 3.63) is 29.6 Å². The predicted octanol–water partition coefficient (Wildman–Crippen LogP) is 2.03. The van der Waals surface area contributed by atoms with Crippen molar-refractivity contribution in [2.45, 2.75) is 44.3 Å². The molecule has 2 unspecified atom stereocenters. The molecule has 7 heteroatoms. The highest BCUT2D eigenvalue weighted by molar-refractivity contribution is 5.75. The molecule has 0 aromatic carbocycles. The number of likely N-dealkylation sites (tertiary alicyclic amines) is 1. The van der Waals surface area contributed by atoms with E-state index in [0.717, 1.165) is 36.8 Å². The number of aromatic nitrogens is 1. The van der Waals surface area contributed by atoms with Crippen LogP contribution in [0, 0.1) is 5.92 Å². The minimum atomic E-state index is -0.828. The third kappa shape index (κ3) is 2.48. The van der Waals surface area contributed by atoms with Gasteiger partial charge in [0.05, 0.1) is 5.54 Å². The smallest absolute Gasteiger partial charge is 0.407 e. The van der Waals surface area contributed by atoms with E-state index in [4.69, 9.17) is 0 Å². The molecule has 1 saturated carbocycles. The number of urea groups is 1. The van der Waals surface area contributed by atoms with Gasteiger partial charge in [-0.15, -0.1) is 0 Å². The fraction of sp³-hybridized carbons (Fsp3) is 0.588. The van der Waals surface area contributed by atoms with Crippen molar-refractivity contribution in [3.8, 4) is 0 Å². The van der Waals surface area contributed by atoms with E-state index in [1.165, 1.54) is 0 Å². The summed E-state index contributed by atoms with van der Waals surface area (Å²) in [6.45, 7) is 2.37. The van der Waals surface area contributed by atoms with Crippen molar-refractivity contribution in [2.75, 3.05) is 13.1 Å². The van der Waals surface area contributed by atoms with Crippen molar-refractivity contribution in [2.24, 2.45) is 5.92 Å². The van der Waals surface area contributed by atoms with Gasteiger partial charge in [0.2, 0.25) is 0 Å². The molecular formula is C17H22N4O3. The highest BCUT2D eigenvalue weighted by Gasteiger charge is 2.60. The molecule has 2 aliphatic heterocycles. The minimum absolute atomic E-state index is 0.0778. The van der Waals surface area contributed by atoms with Gasteiger partial charge in [0.15, 0.2) is 0 Å². The fourth-order valence-corrected chi connectivity index (χ4v) is 4.30. The van der Waals surface area contributed by atoms with E-state index in [9.17, 15) is 14.7 Å². The van der Waals surface area contributed by atoms with E-state index in [1.54, 1.807) is 16.0 Å². The maximum absolute atomic E-state index is 12.4. The number of fused-ring (bicyclic) bond motifs is 1. The molecule has 1 aromatic heterocycles. The van der Waals surface area contributed by atoms with Gasteiger partial charge in [-0.25, -0.2) is 9.59 Å². The lowest BCUT2D eigenvalue weighted by molar-refractivity contribution is 0.0904. The number of hydrogen-bond acceptors (Lipinski definition) is 3. The zero-order valence-electron chi connectivity index (χ0n) is 13.6. The third-order valence-electron chi connectivity index (χ3n) is 5.72. The Morgan fingerprint density at radius 3 is 2.96 bits per heavy atom. The summed E-state index contributed by atoms with van der Waals surface area (Å²) in [6, 6.07) is 1.87. The molecule has 24 heavy (non-hydrogen) atoms. The molecular weight excluding hydrogens is 308 g/mol. The number of rotatable bonds is 2. The lowest BCUT2D eigenvalue weighted by Crippen LogP contribution is -2.47. The van der Waals surface area contributed by atoms with Crippen molar-refractivity contribution >= 4 is 12.1 Å². The van der Waals surface area contributed by atoms with Gasteiger partial charge in [0, 0.05) is 44.5 Å². The second-order valence-electron chi connectivity index (χ2n) is 7.08. The highest BCUT2D eigenvalue weighted by Crippen LogP contribution is 2.53. The molecule has 4 rings (SSSR count). The maximum Gasteiger partial charge on any atom is 0.407 e. The van der Waals surface area contributed by atoms with Gasteiger partial charge >= 0.3 is 12.1 Å². The van der Waals surface area contributed by atoms with E-state index < -0.39 is 6.09 Å². The Hall–Kier alpha value is -2.31. The summed E-state index contributed by atoms with van der Waals surface area (Å²) in [5.74, 6) is 0.240. The molecule has 128 valence electrons. The summed E-state index contributed by atoms with van der Waals surface area (Å²) in [5, 5.41) is 12.4. The van der Waals surface area contributed by atoms with Crippen LogP contribution in [0.5, 0.6) is 0 Å². The lowest BCUT2D eigenvalue weighted by atomic mass is 9.98. The number of hydrogen-bond donors (Lipinski definition) is 2. The second-order valence-corrected chi connectivity index (χ2v) is 7.08. The van der Waals surface area contributed by atoms with Crippen LogP contribution in [0.1, 0.15) is 36.8 Å². The lowest BCUT2D eigenvalue weighted by Gasteiger charge is -2.35. The summed E-state index contributed by atoms with van der Waals surface area (Å²) in [5.41, 5.74) is 2.02. The summed E-state index contributed by atoms with van der Waals surface area (Å²) in [7, 11) is 0. The minimum Gasteiger partial charge on any atom is -0.465 e. The molecule has 3 amide bonds. The van der Waals surface area contributed by atoms with Crippen LogP contribution in [-0.2, 0) is 13.1 Å². The quantitative estimate of drug-likeness (QED) is 0.869. The Bertz CT molecular complexity index is 655. The molecule has 2 atom stereocenters. The van der Waals surface area contributed by atoms with Gasteiger partial charge in [-0.2, -0.15) is 0 Å². The number of nitrogens with one attached hydrogen (secondary N) is 1. The van der Waals surface area contributed by atoms with Crippen LogP contribution < -0.4 is 5.32 Å². The Balaban J connectivity index is 1.32.